The number of aromatic nitrogens is 3. The molecule has 6 heteroatoms. The van der Waals surface area contributed by atoms with E-state index in [1.165, 1.54) is 0 Å². The van der Waals surface area contributed by atoms with Crippen LogP contribution in [0.5, 0.6) is 0 Å². The van der Waals surface area contributed by atoms with Crippen molar-refractivity contribution in [2.75, 3.05) is 6.54 Å². The number of thiophene rings is 1. The lowest BCUT2D eigenvalue weighted by Gasteiger charge is -2.35. The summed E-state index contributed by atoms with van der Waals surface area (Å²) in [6.45, 7) is 2.85. The Bertz CT molecular complexity index is 855. The van der Waals surface area contributed by atoms with Crippen LogP contribution >= 0.6 is 11.3 Å². The number of nitrogens with zero attached hydrogens (tertiary/aromatic N) is 4. The average molecular weight is 340 g/mol. The maximum Gasteiger partial charge on any atom is 0.228 e. The van der Waals surface area contributed by atoms with Crippen molar-refractivity contribution in [3.8, 4) is 0 Å². The van der Waals surface area contributed by atoms with Crippen LogP contribution in [0.25, 0.3) is 5.65 Å². The number of likely N-dealkylation sites (tertiary alicyclic amines) is 1. The Morgan fingerprint density at radius 3 is 3.12 bits per heavy atom. The van der Waals surface area contributed by atoms with Gasteiger partial charge in [0.15, 0.2) is 5.65 Å². The molecule has 1 aliphatic rings. The van der Waals surface area contributed by atoms with Gasteiger partial charge >= 0.3 is 0 Å². The molecule has 0 unspecified atom stereocenters. The van der Waals surface area contributed by atoms with Crippen molar-refractivity contribution in [2.45, 2.75) is 38.6 Å². The predicted molar refractivity (Wildman–Crippen MR) is 94.1 cm³/mol. The standard InChI is InChI=1S/C18H20N4OS/c1-13-11-15(20-17-7-8-19-22(13)17)16-6-2-3-9-21(16)18(23)12-14-5-4-10-24-14/h4-5,7-8,10-11,16H,2-3,6,9,12H2,1H3/t16-/m1/s1. The maximum absolute atomic E-state index is 12.8. The van der Waals surface area contributed by atoms with Gasteiger partial charge in [0.2, 0.25) is 5.91 Å². The van der Waals surface area contributed by atoms with Crippen molar-refractivity contribution in [1.82, 2.24) is 19.5 Å². The van der Waals surface area contributed by atoms with E-state index in [9.17, 15) is 4.79 Å². The molecule has 0 bridgehead atoms. The lowest BCUT2D eigenvalue weighted by atomic mass is 9.98. The van der Waals surface area contributed by atoms with Gasteiger partial charge in [0, 0.05) is 23.2 Å². The summed E-state index contributed by atoms with van der Waals surface area (Å²) in [5.74, 6) is 0.204. The minimum Gasteiger partial charge on any atom is -0.334 e. The van der Waals surface area contributed by atoms with Crippen LogP contribution in [0, 0.1) is 6.92 Å². The van der Waals surface area contributed by atoms with Gasteiger partial charge in [-0.15, -0.1) is 11.3 Å². The second-order valence-corrected chi connectivity index (χ2v) is 7.31. The number of hydrogen-bond acceptors (Lipinski definition) is 4. The molecule has 5 nitrogen and oxygen atoms in total. The summed E-state index contributed by atoms with van der Waals surface area (Å²) in [6, 6.07) is 8.09. The Morgan fingerprint density at radius 1 is 1.38 bits per heavy atom. The molecule has 1 fully saturated rings. The molecular weight excluding hydrogens is 320 g/mol. The molecule has 0 aliphatic carbocycles. The topological polar surface area (TPSA) is 50.5 Å². The van der Waals surface area contributed by atoms with Gasteiger partial charge in [-0.3, -0.25) is 4.79 Å². The maximum atomic E-state index is 12.8. The van der Waals surface area contributed by atoms with Crippen molar-refractivity contribution in [3.63, 3.8) is 0 Å². The zero-order valence-electron chi connectivity index (χ0n) is 13.7. The van der Waals surface area contributed by atoms with Gasteiger partial charge in [0.1, 0.15) is 0 Å². The molecule has 124 valence electrons. The smallest absolute Gasteiger partial charge is 0.228 e. The summed E-state index contributed by atoms with van der Waals surface area (Å²) < 4.78 is 1.84. The Kier molecular flexibility index (Phi) is 4.06. The fourth-order valence-corrected chi connectivity index (χ4v) is 4.16. The molecule has 1 aliphatic heterocycles. The van der Waals surface area contributed by atoms with Crippen LogP contribution in [0.2, 0.25) is 0 Å². The highest BCUT2D eigenvalue weighted by molar-refractivity contribution is 7.10. The molecule has 0 spiro atoms. The summed E-state index contributed by atoms with van der Waals surface area (Å²) in [5, 5.41) is 6.31. The van der Waals surface area contributed by atoms with E-state index in [1.54, 1.807) is 17.5 Å². The van der Waals surface area contributed by atoms with Crippen molar-refractivity contribution in [1.29, 1.82) is 0 Å². The molecular formula is C18H20N4OS. The fraction of sp³-hybridized carbons (Fsp3) is 0.389. The third-order valence-electron chi connectivity index (χ3n) is 4.63. The highest BCUT2D eigenvalue weighted by atomic mass is 32.1. The van der Waals surface area contributed by atoms with Gasteiger partial charge in [-0.05, 0) is 43.7 Å². The van der Waals surface area contributed by atoms with Crippen molar-refractivity contribution < 1.29 is 4.79 Å². The number of amides is 1. The Labute approximate surface area is 144 Å². The molecule has 1 saturated heterocycles. The molecule has 4 rings (SSSR count). The molecule has 1 atom stereocenters. The molecule has 4 heterocycles. The van der Waals surface area contributed by atoms with E-state index in [0.717, 1.165) is 47.7 Å². The number of aryl methyl sites for hydroxylation is 1. The van der Waals surface area contributed by atoms with Gasteiger partial charge in [-0.25, -0.2) is 9.50 Å². The van der Waals surface area contributed by atoms with Crippen molar-refractivity contribution >= 4 is 22.9 Å². The van der Waals surface area contributed by atoms with Gasteiger partial charge in [0.05, 0.1) is 24.4 Å². The summed E-state index contributed by atoms with van der Waals surface area (Å²) in [7, 11) is 0. The van der Waals surface area contributed by atoms with E-state index in [0.29, 0.717) is 6.42 Å². The largest absolute Gasteiger partial charge is 0.334 e. The number of carbonyl (C=O) groups excluding carboxylic acids is 1. The van der Waals surface area contributed by atoms with Crippen molar-refractivity contribution in [2.24, 2.45) is 0 Å². The quantitative estimate of drug-likeness (QED) is 0.734. The number of carbonyl (C=O) groups is 1. The Balaban J connectivity index is 1.64. The monoisotopic (exact) mass is 340 g/mol. The normalized spacial score (nSPS) is 18.2. The Hall–Kier alpha value is -2.21. The van der Waals surface area contributed by atoms with Gasteiger partial charge < -0.3 is 4.90 Å². The molecule has 0 N–H and O–H groups in total. The summed E-state index contributed by atoms with van der Waals surface area (Å²) in [4.78, 5) is 20.7. The van der Waals surface area contributed by atoms with Crippen LogP contribution in [0.4, 0.5) is 0 Å². The van der Waals surface area contributed by atoms with Crippen molar-refractivity contribution in [3.05, 3.63) is 52.1 Å². The van der Waals surface area contributed by atoms with Crippen LogP contribution in [0.15, 0.2) is 35.8 Å². The number of hydrogen-bond donors (Lipinski definition) is 0. The molecule has 1 amide bonds. The van der Waals surface area contributed by atoms with Gasteiger partial charge in [0.25, 0.3) is 0 Å². The highest BCUT2D eigenvalue weighted by Gasteiger charge is 2.29. The summed E-state index contributed by atoms with van der Waals surface area (Å²) in [5.41, 5.74) is 2.89. The van der Waals surface area contributed by atoms with E-state index in [2.05, 4.69) is 11.2 Å². The highest BCUT2D eigenvalue weighted by Crippen LogP contribution is 2.31. The number of rotatable bonds is 3. The second kappa shape index (κ2) is 6.36. The van der Waals surface area contributed by atoms with Gasteiger partial charge in [-0.2, -0.15) is 5.10 Å². The number of fused-ring (bicyclic) bond motifs is 1. The predicted octanol–water partition coefficient (Wildman–Crippen LogP) is 3.40. The molecule has 3 aromatic heterocycles. The third kappa shape index (κ3) is 2.82. The van der Waals surface area contributed by atoms with Crippen LogP contribution in [-0.4, -0.2) is 31.9 Å². The van der Waals surface area contributed by atoms with Crippen LogP contribution < -0.4 is 0 Å². The van der Waals surface area contributed by atoms with Gasteiger partial charge in [-0.1, -0.05) is 6.07 Å². The lowest BCUT2D eigenvalue weighted by Crippen LogP contribution is -2.39. The second-order valence-electron chi connectivity index (χ2n) is 6.28. The fourth-order valence-electron chi connectivity index (χ4n) is 3.46. The third-order valence-corrected chi connectivity index (χ3v) is 5.50. The first-order valence-corrected chi connectivity index (χ1v) is 9.23. The van der Waals surface area contributed by atoms with Crippen LogP contribution in [-0.2, 0) is 11.2 Å². The summed E-state index contributed by atoms with van der Waals surface area (Å²) in [6.07, 6.45) is 5.44. The van der Waals surface area contributed by atoms with E-state index in [1.807, 2.05) is 39.9 Å². The molecule has 3 aromatic rings. The molecule has 0 aromatic carbocycles. The SMILES string of the molecule is Cc1cc([C@H]2CCCCN2C(=O)Cc2cccs2)nc2ccnn12. The average Bonchev–Trinajstić information content (AvgIpc) is 3.26. The zero-order valence-corrected chi connectivity index (χ0v) is 14.5. The van der Waals surface area contributed by atoms with Crippen LogP contribution in [0.3, 0.4) is 0 Å². The molecule has 0 saturated carbocycles. The van der Waals surface area contributed by atoms with E-state index < -0.39 is 0 Å². The first-order valence-electron chi connectivity index (χ1n) is 8.35. The molecule has 0 radical (unpaired) electrons. The van der Waals surface area contributed by atoms with E-state index >= 15 is 0 Å². The van der Waals surface area contributed by atoms with E-state index in [-0.39, 0.29) is 11.9 Å². The Morgan fingerprint density at radius 2 is 2.29 bits per heavy atom. The lowest BCUT2D eigenvalue weighted by molar-refractivity contribution is -0.134. The minimum absolute atomic E-state index is 0.0739. The first-order chi connectivity index (χ1) is 11.7. The number of piperidine rings is 1. The summed E-state index contributed by atoms with van der Waals surface area (Å²) >= 11 is 1.64. The minimum atomic E-state index is 0.0739. The first kappa shape index (κ1) is 15.3. The van der Waals surface area contributed by atoms with Crippen LogP contribution in [0.1, 0.15) is 41.6 Å². The zero-order chi connectivity index (χ0) is 16.5. The molecule has 24 heavy (non-hydrogen) atoms. The van der Waals surface area contributed by atoms with E-state index in [4.69, 9.17) is 4.98 Å².